The van der Waals surface area contributed by atoms with Crippen LogP contribution in [0.5, 0.6) is 0 Å². The molecule has 0 fully saturated rings. The van der Waals surface area contributed by atoms with Crippen molar-refractivity contribution >= 4 is 5.97 Å². The number of hydrogen-bond acceptors (Lipinski definition) is 2. The predicted octanol–water partition coefficient (Wildman–Crippen LogP) is 2.94. The minimum atomic E-state index is -1.42. The molecule has 0 aliphatic rings. The van der Waals surface area contributed by atoms with Gasteiger partial charge >= 0.3 is 5.97 Å². The van der Waals surface area contributed by atoms with Crippen molar-refractivity contribution in [1.82, 2.24) is 4.98 Å². The van der Waals surface area contributed by atoms with E-state index in [1.54, 1.807) is 18.3 Å². The van der Waals surface area contributed by atoms with E-state index >= 15 is 0 Å². The topological polar surface area (TPSA) is 50.2 Å². The highest BCUT2D eigenvalue weighted by molar-refractivity contribution is 5.81. The van der Waals surface area contributed by atoms with Gasteiger partial charge in [-0.3, -0.25) is 9.78 Å². The van der Waals surface area contributed by atoms with Crippen molar-refractivity contribution in [3.8, 4) is 0 Å². The van der Waals surface area contributed by atoms with E-state index in [2.05, 4.69) is 4.98 Å². The summed E-state index contributed by atoms with van der Waals surface area (Å²) in [5.41, 5.74) is -0.653. The van der Waals surface area contributed by atoms with Gasteiger partial charge in [0.25, 0.3) is 0 Å². The Bertz CT molecular complexity index is 611. The summed E-state index contributed by atoms with van der Waals surface area (Å²) >= 11 is 0. The van der Waals surface area contributed by atoms with Crippen molar-refractivity contribution in [2.75, 3.05) is 0 Å². The highest BCUT2D eigenvalue weighted by Gasteiger charge is 2.36. The van der Waals surface area contributed by atoms with Crippen LogP contribution in [0.25, 0.3) is 0 Å². The van der Waals surface area contributed by atoms with Gasteiger partial charge in [-0.25, -0.2) is 8.78 Å². The van der Waals surface area contributed by atoms with E-state index in [1.807, 2.05) is 0 Å². The van der Waals surface area contributed by atoms with Crippen LogP contribution in [0.2, 0.25) is 0 Å². The second kappa shape index (κ2) is 5.36. The Morgan fingerprint density at radius 3 is 2.45 bits per heavy atom. The summed E-state index contributed by atoms with van der Waals surface area (Å²) in [5, 5.41) is 9.46. The minimum Gasteiger partial charge on any atom is -0.481 e. The van der Waals surface area contributed by atoms with E-state index in [0.717, 1.165) is 18.2 Å². The van der Waals surface area contributed by atoms with Gasteiger partial charge in [0.2, 0.25) is 0 Å². The van der Waals surface area contributed by atoms with E-state index in [-0.39, 0.29) is 12.0 Å². The van der Waals surface area contributed by atoms with E-state index in [1.165, 1.54) is 13.1 Å². The van der Waals surface area contributed by atoms with Crippen molar-refractivity contribution < 1.29 is 18.7 Å². The Morgan fingerprint density at radius 2 is 1.95 bits per heavy atom. The Hall–Kier alpha value is -2.30. The molecule has 1 atom stereocenters. The maximum Gasteiger partial charge on any atom is 0.314 e. The molecule has 2 rings (SSSR count). The molecule has 1 aromatic heterocycles. The van der Waals surface area contributed by atoms with E-state index < -0.39 is 23.0 Å². The summed E-state index contributed by atoms with van der Waals surface area (Å²) in [6.45, 7) is 1.44. The molecule has 0 aliphatic carbocycles. The highest BCUT2D eigenvalue weighted by Crippen LogP contribution is 2.29. The summed E-state index contributed by atoms with van der Waals surface area (Å²) in [5.74, 6) is -2.73. The third-order valence-electron chi connectivity index (χ3n) is 3.25. The molecule has 0 spiro atoms. The number of halogens is 2. The number of hydrogen-bond donors (Lipinski definition) is 1. The largest absolute Gasteiger partial charge is 0.481 e. The third-order valence-corrected chi connectivity index (χ3v) is 3.25. The smallest absolute Gasteiger partial charge is 0.314 e. The van der Waals surface area contributed by atoms with Crippen LogP contribution >= 0.6 is 0 Å². The van der Waals surface area contributed by atoms with Crippen molar-refractivity contribution in [3.05, 3.63) is 65.5 Å². The van der Waals surface area contributed by atoms with Gasteiger partial charge < -0.3 is 5.11 Å². The zero-order valence-corrected chi connectivity index (χ0v) is 10.8. The lowest BCUT2D eigenvalue weighted by atomic mass is 9.77. The van der Waals surface area contributed by atoms with Crippen LogP contribution in [0, 0.1) is 11.6 Å². The molecular weight excluding hydrogens is 264 g/mol. The van der Waals surface area contributed by atoms with Crippen LogP contribution in [0.15, 0.2) is 42.7 Å². The first kappa shape index (κ1) is 14.1. The summed E-state index contributed by atoms with van der Waals surface area (Å²) in [6, 6.07) is 6.23. The number of carbonyl (C=O) groups is 1. The fraction of sp³-hybridized carbons (Fsp3) is 0.200. The maximum atomic E-state index is 13.3. The number of aromatic nitrogens is 1. The van der Waals surface area contributed by atoms with Gasteiger partial charge in [0.1, 0.15) is 11.6 Å². The van der Waals surface area contributed by atoms with E-state index in [0.29, 0.717) is 5.56 Å². The number of pyridine rings is 1. The first-order valence-electron chi connectivity index (χ1n) is 6.01. The van der Waals surface area contributed by atoms with Gasteiger partial charge in [-0.2, -0.15) is 0 Å². The lowest BCUT2D eigenvalue weighted by Gasteiger charge is -2.25. The molecule has 2 aromatic rings. The number of carboxylic acid groups (broad SMARTS) is 1. The Kier molecular flexibility index (Phi) is 3.79. The van der Waals surface area contributed by atoms with Gasteiger partial charge in [0.15, 0.2) is 0 Å². The van der Waals surface area contributed by atoms with Gasteiger partial charge in [0, 0.05) is 18.5 Å². The van der Waals surface area contributed by atoms with Gasteiger partial charge in [-0.05, 0) is 42.7 Å². The normalized spacial score (nSPS) is 13.8. The Labute approximate surface area is 114 Å². The van der Waals surface area contributed by atoms with Crippen LogP contribution in [0.4, 0.5) is 8.78 Å². The number of rotatable bonds is 4. The average molecular weight is 277 g/mol. The van der Waals surface area contributed by atoms with Gasteiger partial charge in [0.05, 0.1) is 5.41 Å². The molecule has 0 saturated carbocycles. The summed E-state index contributed by atoms with van der Waals surface area (Å²) < 4.78 is 26.6. The predicted molar refractivity (Wildman–Crippen MR) is 69.3 cm³/mol. The van der Waals surface area contributed by atoms with Crippen LogP contribution in [-0.2, 0) is 16.6 Å². The van der Waals surface area contributed by atoms with Crippen LogP contribution < -0.4 is 0 Å². The molecule has 20 heavy (non-hydrogen) atoms. The van der Waals surface area contributed by atoms with Crippen LogP contribution in [-0.4, -0.2) is 16.1 Å². The van der Waals surface area contributed by atoms with Crippen molar-refractivity contribution in [3.63, 3.8) is 0 Å². The number of aliphatic carboxylic acids is 1. The quantitative estimate of drug-likeness (QED) is 0.934. The zero-order valence-electron chi connectivity index (χ0n) is 10.8. The molecule has 1 N–H and O–H groups in total. The number of carboxylic acids is 1. The van der Waals surface area contributed by atoms with Crippen molar-refractivity contribution in [1.29, 1.82) is 0 Å². The summed E-state index contributed by atoms with van der Waals surface area (Å²) in [6.07, 6.45) is 3.21. The molecule has 1 unspecified atom stereocenters. The minimum absolute atomic E-state index is 0.0892. The molecule has 0 amide bonds. The lowest BCUT2D eigenvalue weighted by molar-refractivity contribution is -0.143. The zero-order chi connectivity index (χ0) is 14.8. The first-order valence-corrected chi connectivity index (χ1v) is 6.01. The Morgan fingerprint density at radius 1 is 1.30 bits per heavy atom. The lowest BCUT2D eigenvalue weighted by Crippen LogP contribution is -2.35. The molecule has 3 nitrogen and oxygen atoms in total. The Balaban J connectivity index is 2.46. The number of nitrogens with zero attached hydrogens (tertiary/aromatic N) is 1. The molecule has 0 saturated heterocycles. The maximum absolute atomic E-state index is 13.3. The average Bonchev–Trinajstić information content (AvgIpc) is 2.38. The fourth-order valence-electron chi connectivity index (χ4n) is 2.08. The van der Waals surface area contributed by atoms with Crippen molar-refractivity contribution in [2.24, 2.45) is 0 Å². The molecule has 0 aliphatic heterocycles. The number of benzene rings is 1. The molecular formula is C15H13F2NO2. The molecule has 0 bridgehead atoms. The fourth-order valence-corrected chi connectivity index (χ4v) is 2.08. The standard InChI is InChI=1S/C15H13F2NO2/c1-15(14(19)20,8-10-3-2-4-18-9-10)11-5-12(16)7-13(17)6-11/h2-7,9H,8H2,1H3,(H,19,20). The molecule has 104 valence electrons. The second-order valence-corrected chi connectivity index (χ2v) is 4.83. The second-order valence-electron chi connectivity index (χ2n) is 4.83. The summed E-state index contributed by atoms with van der Waals surface area (Å²) in [7, 11) is 0. The third kappa shape index (κ3) is 2.82. The van der Waals surface area contributed by atoms with Crippen LogP contribution in [0.1, 0.15) is 18.1 Å². The van der Waals surface area contributed by atoms with Crippen molar-refractivity contribution in [2.45, 2.75) is 18.8 Å². The highest BCUT2D eigenvalue weighted by atomic mass is 19.1. The molecule has 0 radical (unpaired) electrons. The summed E-state index contributed by atoms with van der Waals surface area (Å²) in [4.78, 5) is 15.5. The van der Waals surface area contributed by atoms with E-state index in [9.17, 15) is 18.7 Å². The SMILES string of the molecule is CC(Cc1cccnc1)(C(=O)O)c1cc(F)cc(F)c1. The van der Waals surface area contributed by atoms with Gasteiger partial charge in [-0.1, -0.05) is 6.07 Å². The molecule has 1 heterocycles. The molecule has 5 heteroatoms. The van der Waals surface area contributed by atoms with E-state index in [4.69, 9.17) is 0 Å². The molecule has 1 aromatic carbocycles. The first-order chi connectivity index (χ1) is 9.41. The van der Waals surface area contributed by atoms with Crippen LogP contribution in [0.3, 0.4) is 0 Å². The monoisotopic (exact) mass is 277 g/mol. The van der Waals surface area contributed by atoms with Gasteiger partial charge in [-0.15, -0.1) is 0 Å².